The quantitative estimate of drug-likeness (QED) is 0.499. The van der Waals surface area contributed by atoms with Gasteiger partial charge in [0, 0.05) is 11.9 Å². The number of aryl methyl sites for hydroxylation is 1. The molecule has 3 aromatic carbocycles. The molecule has 2 aliphatic heterocycles. The number of carbonyl (C=O) groups is 1. The SMILES string of the molecule is Cc1cccc(N=C2SC(=C3Sc4ccccc4N3C)C(=O)N2c2ccc(O)cc2)c1. The van der Waals surface area contributed by atoms with E-state index in [1.807, 2.05) is 50.4 Å². The van der Waals surface area contributed by atoms with Crippen molar-refractivity contribution in [3.8, 4) is 5.75 Å². The Morgan fingerprint density at radius 1 is 0.935 bits per heavy atom. The molecule has 1 saturated heterocycles. The van der Waals surface area contributed by atoms with E-state index in [0.717, 1.165) is 26.9 Å². The van der Waals surface area contributed by atoms with Gasteiger partial charge in [0.2, 0.25) is 0 Å². The van der Waals surface area contributed by atoms with Crippen molar-refractivity contribution in [1.82, 2.24) is 0 Å². The third-order valence-electron chi connectivity index (χ3n) is 5.05. The van der Waals surface area contributed by atoms with E-state index in [9.17, 15) is 9.90 Å². The van der Waals surface area contributed by atoms with Crippen LogP contribution in [0.5, 0.6) is 5.75 Å². The fourth-order valence-corrected chi connectivity index (χ4v) is 5.86. The van der Waals surface area contributed by atoms with Gasteiger partial charge in [-0.05, 0) is 72.8 Å². The normalized spacial score (nSPS) is 19.4. The molecule has 1 fully saturated rings. The molecule has 2 aliphatic rings. The summed E-state index contributed by atoms with van der Waals surface area (Å²) >= 11 is 2.98. The number of para-hydroxylation sites is 1. The highest BCUT2D eigenvalue weighted by Crippen LogP contribution is 2.50. The maximum absolute atomic E-state index is 13.6. The zero-order valence-corrected chi connectivity index (χ0v) is 18.6. The van der Waals surface area contributed by atoms with Gasteiger partial charge in [-0.1, -0.05) is 36.0 Å². The van der Waals surface area contributed by atoms with Gasteiger partial charge in [-0.2, -0.15) is 0 Å². The van der Waals surface area contributed by atoms with Crippen molar-refractivity contribution < 1.29 is 9.90 Å². The lowest BCUT2D eigenvalue weighted by molar-refractivity contribution is -0.113. The van der Waals surface area contributed by atoms with Crippen molar-refractivity contribution >= 4 is 51.7 Å². The molecule has 0 bridgehead atoms. The Hall–Kier alpha value is -3.16. The maximum atomic E-state index is 13.6. The average molecular weight is 446 g/mol. The minimum Gasteiger partial charge on any atom is -0.508 e. The van der Waals surface area contributed by atoms with Gasteiger partial charge in [-0.3, -0.25) is 9.69 Å². The Morgan fingerprint density at radius 2 is 1.71 bits per heavy atom. The van der Waals surface area contributed by atoms with Crippen LogP contribution in [0.4, 0.5) is 17.1 Å². The lowest BCUT2D eigenvalue weighted by atomic mass is 10.2. The molecule has 1 amide bonds. The van der Waals surface area contributed by atoms with Crippen LogP contribution >= 0.6 is 23.5 Å². The Bertz CT molecular complexity index is 1250. The molecule has 3 aromatic rings. The second-order valence-corrected chi connectivity index (χ2v) is 9.26. The molecule has 7 heteroatoms. The highest BCUT2D eigenvalue weighted by molar-refractivity contribution is 8.20. The number of hydrogen-bond acceptors (Lipinski definition) is 6. The van der Waals surface area contributed by atoms with E-state index in [0.29, 0.717) is 15.8 Å². The number of amides is 1. The number of aliphatic imine (C=N–C) groups is 1. The first kappa shape index (κ1) is 19.8. The van der Waals surface area contributed by atoms with E-state index in [2.05, 4.69) is 17.0 Å². The Balaban J connectivity index is 1.62. The first-order valence-corrected chi connectivity index (χ1v) is 11.4. The Labute approximate surface area is 189 Å². The number of fused-ring (bicyclic) bond motifs is 1. The molecular formula is C24H19N3O2S2. The monoisotopic (exact) mass is 445 g/mol. The van der Waals surface area contributed by atoms with E-state index in [1.54, 1.807) is 40.9 Å². The van der Waals surface area contributed by atoms with Gasteiger partial charge in [-0.25, -0.2) is 4.99 Å². The molecule has 0 aromatic heterocycles. The number of aromatic hydroxyl groups is 1. The van der Waals surface area contributed by atoms with E-state index in [1.165, 1.54) is 11.8 Å². The first-order chi connectivity index (χ1) is 15.0. The fraction of sp³-hybridized carbons (Fsp3) is 0.0833. The van der Waals surface area contributed by atoms with Gasteiger partial charge in [-0.15, -0.1) is 0 Å². The van der Waals surface area contributed by atoms with Crippen molar-refractivity contribution in [3.63, 3.8) is 0 Å². The van der Waals surface area contributed by atoms with E-state index in [4.69, 9.17) is 4.99 Å². The molecule has 0 unspecified atom stereocenters. The van der Waals surface area contributed by atoms with Gasteiger partial charge in [0.05, 0.1) is 22.1 Å². The van der Waals surface area contributed by atoms with E-state index in [-0.39, 0.29) is 11.7 Å². The molecule has 154 valence electrons. The summed E-state index contributed by atoms with van der Waals surface area (Å²) in [5.74, 6) is 0.0320. The van der Waals surface area contributed by atoms with Crippen LogP contribution in [-0.2, 0) is 4.79 Å². The summed E-state index contributed by atoms with van der Waals surface area (Å²) in [6, 6.07) is 22.6. The lowest BCUT2D eigenvalue weighted by Gasteiger charge is -2.17. The van der Waals surface area contributed by atoms with Gasteiger partial charge >= 0.3 is 0 Å². The Kier molecular flexibility index (Phi) is 5.00. The number of anilines is 2. The van der Waals surface area contributed by atoms with Gasteiger partial charge in [0.15, 0.2) is 5.17 Å². The van der Waals surface area contributed by atoms with E-state index >= 15 is 0 Å². The van der Waals surface area contributed by atoms with Crippen LogP contribution in [-0.4, -0.2) is 23.2 Å². The number of amidine groups is 1. The highest BCUT2D eigenvalue weighted by Gasteiger charge is 2.40. The molecule has 5 nitrogen and oxygen atoms in total. The number of thioether (sulfide) groups is 2. The summed E-state index contributed by atoms with van der Waals surface area (Å²) in [7, 11) is 1.98. The molecule has 2 heterocycles. The summed E-state index contributed by atoms with van der Waals surface area (Å²) in [6.45, 7) is 2.02. The smallest absolute Gasteiger partial charge is 0.274 e. The van der Waals surface area contributed by atoms with Crippen molar-refractivity contribution in [1.29, 1.82) is 0 Å². The minimum absolute atomic E-state index is 0.121. The third kappa shape index (κ3) is 3.60. The second-order valence-electron chi connectivity index (χ2n) is 7.26. The summed E-state index contributed by atoms with van der Waals surface area (Å²) in [5, 5.41) is 11.2. The second kappa shape index (κ2) is 7.83. The number of hydrogen-bond donors (Lipinski definition) is 1. The van der Waals surface area contributed by atoms with Crippen LogP contribution in [0.3, 0.4) is 0 Å². The van der Waals surface area contributed by atoms with Crippen molar-refractivity contribution in [2.75, 3.05) is 16.8 Å². The summed E-state index contributed by atoms with van der Waals surface area (Å²) < 4.78 is 0. The summed E-state index contributed by atoms with van der Waals surface area (Å²) in [5.41, 5.74) is 3.65. The molecule has 31 heavy (non-hydrogen) atoms. The number of rotatable bonds is 2. The predicted octanol–water partition coefficient (Wildman–Crippen LogP) is 5.88. The summed E-state index contributed by atoms with van der Waals surface area (Å²) in [4.78, 5) is 23.9. The number of benzene rings is 3. The van der Waals surface area contributed by atoms with Gasteiger partial charge < -0.3 is 10.0 Å². The summed E-state index contributed by atoms with van der Waals surface area (Å²) in [6.07, 6.45) is 0. The van der Waals surface area contributed by atoms with Crippen LogP contribution in [0, 0.1) is 6.92 Å². The number of nitrogens with zero attached hydrogens (tertiary/aromatic N) is 3. The highest BCUT2D eigenvalue weighted by atomic mass is 32.2. The molecule has 0 saturated carbocycles. The largest absolute Gasteiger partial charge is 0.508 e. The van der Waals surface area contributed by atoms with Crippen molar-refractivity contribution in [3.05, 3.63) is 88.3 Å². The molecule has 0 radical (unpaired) electrons. The maximum Gasteiger partial charge on any atom is 0.274 e. The van der Waals surface area contributed by atoms with Crippen LogP contribution in [0.25, 0.3) is 0 Å². The van der Waals surface area contributed by atoms with E-state index < -0.39 is 0 Å². The zero-order chi connectivity index (χ0) is 21.5. The van der Waals surface area contributed by atoms with Gasteiger partial charge in [0.25, 0.3) is 5.91 Å². The Morgan fingerprint density at radius 3 is 2.45 bits per heavy atom. The van der Waals surface area contributed by atoms with Crippen molar-refractivity contribution in [2.45, 2.75) is 11.8 Å². The number of phenolic OH excluding ortho intramolecular Hbond substituents is 1. The topological polar surface area (TPSA) is 56.1 Å². The molecule has 0 aliphatic carbocycles. The fourth-order valence-electron chi connectivity index (χ4n) is 3.52. The molecule has 5 rings (SSSR count). The molecule has 0 atom stereocenters. The standard InChI is InChI=1S/C24H19N3O2S2/c1-15-6-5-7-16(14-15)25-24-27(17-10-12-18(28)13-11-17)22(29)21(31-24)23-26(2)19-8-3-4-9-20(19)30-23/h3-14,28H,1-2H3. The predicted molar refractivity (Wildman–Crippen MR) is 129 cm³/mol. The lowest BCUT2D eigenvalue weighted by Crippen LogP contribution is -2.29. The first-order valence-electron chi connectivity index (χ1n) is 9.73. The molecule has 1 N–H and O–H groups in total. The van der Waals surface area contributed by atoms with Crippen LogP contribution in [0.15, 0.2) is 92.6 Å². The number of carbonyl (C=O) groups excluding carboxylic acids is 1. The third-order valence-corrected chi connectivity index (χ3v) is 7.44. The van der Waals surface area contributed by atoms with Crippen molar-refractivity contribution in [2.24, 2.45) is 4.99 Å². The van der Waals surface area contributed by atoms with Crippen LogP contribution in [0.1, 0.15) is 5.56 Å². The number of phenols is 1. The molecular weight excluding hydrogens is 426 g/mol. The minimum atomic E-state index is -0.121. The zero-order valence-electron chi connectivity index (χ0n) is 16.9. The molecule has 0 spiro atoms. The average Bonchev–Trinajstić information content (AvgIpc) is 3.26. The van der Waals surface area contributed by atoms with Gasteiger partial charge in [0.1, 0.15) is 10.7 Å². The van der Waals surface area contributed by atoms with Crippen LogP contribution < -0.4 is 9.80 Å². The van der Waals surface area contributed by atoms with Crippen LogP contribution in [0.2, 0.25) is 0 Å².